The molecule has 1 aromatic carbocycles. The first-order chi connectivity index (χ1) is 8.83. The van der Waals surface area contributed by atoms with Gasteiger partial charge in [-0.1, -0.05) is 24.3 Å². The van der Waals surface area contributed by atoms with E-state index < -0.39 is 0 Å². The van der Waals surface area contributed by atoms with E-state index in [1.165, 1.54) is 4.88 Å². The summed E-state index contributed by atoms with van der Waals surface area (Å²) in [5.41, 5.74) is 0.881. The minimum absolute atomic E-state index is 0.0563. The second kappa shape index (κ2) is 5.21. The lowest BCUT2D eigenvalue weighted by Gasteiger charge is -2.36. The fourth-order valence-electron chi connectivity index (χ4n) is 2.50. The summed E-state index contributed by atoms with van der Waals surface area (Å²) in [6.45, 7) is 0.937. The second-order valence-corrected chi connectivity index (χ2v) is 5.88. The van der Waals surface area contributed by atoms with Crippen LogP contribution in [0.15, 0.2) is 41.8 Å². The van der Waals surface area contributed by atoms with E-state index in [4.69, 9.17) is 0 Å². The fourth-order valence-corrected chi connectivity index (χ4v) is 3.16. The van der Waals surface area contributed by atoms with Gasteiger partial charge in [-0.2, -0.15) is 0 Å². The summed E-state index contributed by atoms with van der Waals surface area (Å²) >= 11 is 1.78. The smallest absolute Gasteiger partial charge is 0.126 e. The lowest BCUT2D eigenvalue weighted by atomic mass is 9.75. The van der Waals surface area contributed by atoms with Gasteiger partial charge >= 0.3 is 0 Å². The Labute approximate surface area is 111 Å². The Morgan fingerprint density at radius 1 is 1.17 bits per heavy atom. The van der Waals surface area contributed by atoms with E-state index in [-0.39, 0.29) is 5.82 Å². The van der Waals surface area contributed by atoms with Crippen LogP contribution in [0.5, 0.6) is 0 Å². The molecule has 1 saturated carbocycles. The van der Waals surface area contributed by atoms with Crippen molar-refractivity contribution in [1.82, 2.24) is 5.32 Å². The van der Waals surface area contributed by atoms with Crippen molar-refractivity contribution in [2.45, 2.75) is 31.3 Å². The topological polar surface area (TPSA) is 12.0 Å². The molecule has 0 bridgehead atoms. The van der Waals surface area contributed by atoms with Gasteiger partial charge in [0.15, 0.2) is 0 Å². The molecule has 1 aromatic heterocycles. The van der Waals surface area contributed by atoms with Crippen LogP contribution in [0.3, 0.4) is 0 Å². The zero-order valence-corrected chi connectivity index (χ0v) is 10.9. The lowest BCUT2D eigenvalue weighted by Crippen LogP contribution is -2.39. The first-order valence-corrected chi connectivity index (χ1v) is 7.21. The number of hydrogen-bond donors (Lipinski definition) is 1. The molecule has 1 aliphatic rings. The van der Waals surface area contributed by atoms with E-state index in [0.717, 1.165) is 24.9 Å². The highest BCUT2D eigenvalue weighted by Gasteiger charge is 2.31. The quantitative estimate of drug-likeness (QED) is 0.879. The van der Waals surface area contributed by atoms with Gasteiger partial charge in [0.05, 0.1) is 0 Å². The summed E-state index contributed by atoms with van der Waals surface area (Å²) in [5.74, 6) is 0.339. The highest BCUT2D eigenvalue weighted by Crippen LogP contribution is 2.38. The fraction of sp³-hybridized carbons (Fsp3) is 0.333. The van der Waals surface area contributed by atoms with Crippen molar-refractivity contribution in [3.05, 3.63) is 58.0 Å². The van der Waals surface area contributed by atoms with Crippen molar-refractivity contribution in [3.8, 4) is 0 Å². The highest BCUT2D eigenvalue weighted by atomic mass is 32.1. The van der Waals surface area contributed by atoms with Gasteiger partial charge in [0.1, 0.15) is 5.82 Å². The largest absolute Gasteiger partial charge is 0.309 e. The van der Waals surface area contributed by atoms with Crippen LogP contribution in [-0.4, -0.2) is 6.04 Å². The highest BCUT2D eigenvalue weighted by molar-refractivity contribution is 7.09. The van der Waals surface area contributed by atoms with Crippen LogP contribution in [0.25, 0.3) is 0 Å². The van der Waals surface area contributed by atoms with E-state index in [9.17, 15) is 4.39 Å². The van der Waals surface area contributed by atoms with Gasteiger partial charge in [-0.3, -0.25) is 0 Å². The predicted molar refractivity (Wildman–Crippen MR) is 73.3 cm³/mol. The molecule has 18 heavy (non-hydrogen) atoms. The molecule has 1 aliphatic carbocycles. The molecule has 0 saturated heterocycles. The molecule has 1 N–H and O–H groups in total. The van der Waals surface area contributed by atoms with Gasteiger partial charge in [-0.15, -0.1) is 11.3 Å². The van der Waals surface area contributed by atoms with Crippen LogP contribution >= 0.6 is 11.3 Å². The van der Waals surface area contributed by atoms with Crippen molar-refractivity contribution in [1.29, 1.82) is 0 Å². The van der Waals surface area contributed by atoms with E-state index in [1.54, 1.807) is 23.5 Å². The first-order valence-electron chi connectivity index (χ1n) is 6.33. The van der Waals surface area contributed by atoms with E-state index in [2.05, 4.69) is 22.8 Å². The molecule has 1 heterocycles. The zero-order chi connectivity index (χ0) is 12.4. The van der Waals surface area contributed by atoms with E-state index >= 15 is 0 Å². The minimum atomic E-state index is -0.0563. The summed E-state index contributed by atoms with van der Waals surface area (Å²) in [6, 6.07) is 11.9. The molecule has 0 spiro atoms. The third-order valence-corrected chi connectivity index (χ3v) is 4.50. The third kappa shape index (κ3) is 2.47. The Kier molecular flexibility index (Phi) is 3.43. The van der Waals surface area contributed by atoms with Crippen molar-refractivity contribution >= 4 is 11.3 Å². The molecule has 3 rings (SSSR count). The van der Waals surface area contributed by atoms with Crippen molar-refractivity contribution in [2.24, 2.45) is 0 Å². The summed E-state index contributed by atoms with van der Waals surface area (Å²) in [6.07, 6.45) is 2.10. The molecule has 94 valence electrons. The van der Waals surface area contributed by atoms with Gasteiger partial charge in [-0.25, -0.2) is 4.39 Å². The number of rotatable bonds is 4. The Bertz CT molecular complexity index is 503. The average molecular weight is 261 g/mol. The standard InChI is InChI=1S/C15H16FNS/c16-15-6-2-1-5-14(15)11-8-12(9-11)17-10-13-4-3-7-18-13/h1-7,11-12,17H,8-10H2. The average Bonchev–Trinajstić information content (AvgIpc) is 2.82. The Morgan fingerprint density at radius 2 is 2.00 bits per heavy atom. The Morgan fingerprint density at radius 3 is 2.72 bits per heavy atom. The number of nitrogens with one attached hydrogen (secondary N) is 1. The molecule has 1 fully saturated rings. The van der Waals surface area contributed by atoms with Crippen molar-refractivity contribution < 1.29 is 4.39 Å². The van der Waals surface area contributed by atoms with Crippen molar-refractivity contribution in [3.63, 3.8) is 0 Å². The lowest BCUT2D eigenvalue weighted by molar-refractivity contribution is 0.284. The molecule has 0 unspecified atom stereocenters. The van der Waals surface area contributed by atoms with Crippen LogP contribution in [0.1, 0.15) is 29.2 Å². The molecule has 0 atom stereocenters. The number of thiophene rings is 1. The Balaban J connectivity index is 1.50. The number of hydrogen-bond acceptors (Lipinski definition) is 2. The first kappa shape index (κ1) is 11.9. The van der Waals surface area contributed by atoms with Crippen molar-refractivity contribution in [2.75, 3.05) is 0 Å². The molecule has 3 heteroatoms. The van der Waals surface area contributed by atoms with Crippen LogP contribution in [0, 0.1) is 5.82 Å². The van der Waals surface area contributed by atoms with Crippen LogP contribution in [0.2, 0.25) is 0 Å². The molecular weight excluding hydrogens is 245 g/mol. The maximum atomic E-state index is 13.6. The number of benzene rings is 1. The van der Waals surface area contributed by atoms with E-state index in [0.29, 0.717) is 12.0 Å². The van der Waals surface area contributed by atoms with Gasteiger partial charge in [-0.05, 0) is 41.8 Å². The summed E-state index contributed by atoms with van der Waals surface area (Å²) < 4.78 is 13.6. The van der Waals surface area contributed by atoms with Gasteiger partial charge in [0, 0.05) is 17.5 Å². The third-order valence-electron chi connectivity index (χ3n) is 3.63. The summed E-state index contributed by atoms with van der Waals surface area (Å²) in [7, 11) is 0. The van der Waals surface area contributed by atoms with Crippen LogP contribution in [0.4, 0.5) is 4.39 Å². The van der Waals surface area contributed by atoms with Crippen LogP contribution < -0.4 is 5.32 Å². The normalized spacial score (nSPS) is 22.7. The molecular formula is C15H16FNS. The zero-order valence-electron chi connectivity index (χ0n) is 10.1. The predicted octanol–water partition coefficient (Wildman–Crippen LogP) is 3.92. The molecule has 0 aliphatic heterocycles. The molecule has 2 aromatic rings. The monoisotopic (exact) mass is 261 g/mol. The maximum absolute atomic E-state index is 13.6. The SMILES string of the molecule is Fc1ccccc1C1CC(NCc2cccs2)C1. The maximum Gasteiger partial charge on any atom is 0.126 e. The second-order valence-electron chi connectivity index (χ2n) is 4.85. The molecule has 0 amide bonds. The van der Waals surface area contributed by atoms with Crippen LogP contribution in [-0.2, 0) is 6.54 Å². The summed E-state index contributed by atoms with van der Waals surface area (Å²) in [4.78, 5) is 1.37. The van der Waals surface area contributed by atoms with Gasteiger partial charge in [0.25, 0.3) is 0 Å². The van der Waals surface area contributed by atoms with Gasteiger partial charge < -0.3 is 5.32 Å². The Hall–Kier alpha value is -1.19. The summed E-state index contributed by atoms with van der Waals surface area (Å²) in [5, 5.41) is 5.63. The van der Waals surface area contributed by atoms with Gasteiger partial charge in [0.2, 0.25) is 0 Å². The molecule has 0 radical (unpaired) electrons. The minimum Gasteiger partial charge on any atom is -0.309 e. The van der Waals surface area contributed by atoms with E-state index in [1.807, 2.05) is 12.1 Å². The molecule has 1 nitrogen and oxygen atoms in total. The number of halogens is 1.